The third kappa shape index (κ3) is 1.81. The maximum Gasteiger partial charge on any atom is 0.165 e. The summed E-state index contributed by atoms with van der Waals surface area (Å²) in [4.78, 5) is 5.60. The van der Waals surface area contributed by atoms with Crippen LogP contribution >= 0.6 is 0 Å². The van der Waals surface area contributed by atoms with Crippen molar-refractivity contribution in [2.24, 2.45) is 0 Å². The SMILES string of the molecule is C=CCN(C)c1ncccc1F. The highest BCUT2D eigenvalue weighted by Crippen LogP contribution is 2.12. The van der Waals surface area contributed by atoms with Crippen molar-refractivity contribution in [3.63, 3.8) is 0 Å². The average molecular weight is 166 g/mol. The minimum absolute atomic E-state index is 0.304. The summed E-state index contributed by atoms with van der Waals surface area (Å²) in [5.41, 5.74) is 0. The van der Waals surface area contributed by atoms with Crippen molar-refractivity contribution in [1.29, 1.82) is 0 Å². The number of nitrogens with zero attached hydrogens (tertiary/aromatic N) is 2. The van der Waals surface area contributed by atoms with Crippen LogP contribution in [0, 0.1) is 5.82 Å². The van der Waals surface area contributed by atoms with Gasteiger partial charge in [-0.15, -0.1) is 6.58 Å². The fourth-order valence-corrected chi connectivity index (χ4v) is 0.938. The summed E-state index contributed by atoms with van der Waals surface area (Å²) in [5.74, 6) is 0.0549. The molecule has 0 radical (unpaired) electrons. The second-order valence-corrected chi connectivity index (χ2v) is 2.48. The summed E-state index contributed by atoms with van der Waals surface area (Å²) in [7, 11) is 1.77. The molecule has 0 saturated heterocycles. The summed E-state index contributed by atoms with van der Waals surface area (Å²) < 4.78 is 13.0. The molecule has 0 unspecified atom stereocenters. The fourth-order valence-electron chi connectivity index (χ4n) is 0.938. The number of hydrogen-bond donors (Lipinski definition) is 0. The lowest BCUT2D eigenvalue weighted by molar-refractivity contribution is 0.617. The Balaban J connectivity index is 2.86. The zero-order chi connectivity index (χ0) is 8.97. The first-order valence-corrected chi connectivity index (χ1v) is 3.68. The van der Waals surface area contributed by atoms with E-state index in [1.165, 1.54) is 6.07 Å². The molecule has 64 valence electrons. The molecule has 1 aromatic rings. The molecule has 1 rings (SSSR count). The largest absolute Gasteiger partial charge is 0.354 e. The molecule has 0 atom stereocenters. The van der Waals surface area contributed by atoms with Gasteiger partial charge in [0.2, 0.25) is 0 Å². The molecule has 0 aliphatic heterocycles. The number of halogens is 1. The number of pyridine rings is 1. The normalized spacial score (nSPS) is 9.50. The molecule has 0 N–H and O–H groups in total. The van der Waals surface area contributed by atoms with Gasteiger partial charge in [-0.3, -0.25) is 0 Å². The molecule has 0 aromatic carbocycles. The lowest BCUT2D eigenvalue weighted by atomic mass is 10.4. The molecular formula is C9H11FN2. The second kappa shape index (κ2) is 3.85. The lowest BCUT2D eigenvalue weighted by Crippen LogP contribution is -2.19. The Hall–Kier alpha value is -1.38. The third-order valence-electron chi connectivity index (χ3n) is 1.50. The molecule has 0 bridgehead atoms. The Labute approximate surface area is 71.3 Å². The molecule has 2 nitrogen and oxygen atoms in total. The van der Waals surface area contributed by atoms with Crippen molar-refractivity contribution < 1.29 is 4.39 Å². The first-order chi connectivity index (χ1) is 5.75. The minimum atomic E-state index is -0.304. The van der Waals surface area contributed by atoms with Crippen LogP contribution < -0.4 is 4.90 Å². The van der Waals surface area contributed by atoms with Gasteiger partial charge in [-0.2, -0.15) is 0 Å². The quantitative estimate of drug-likeness (QED) is 0.637. The van der Waals surface area contributed by atoms with Crippen LogP contribution in [0.3, 0.4) is 0 Å². The van der Waals surface area contributed by atoms with E-state index in [2.05, 4.69) is 11.6 Å². The van der Waals surface area contributed by atoms with E-state index >= 15 is 0 Å². The highest BCUT2D eigenvalue weighted by Gasteiger charge is 2.05. The van der Waals surface area contributed by atoms with E-state index in [0.717, 1.165) is 0 Å². The minimum Gasteiger partial charge on any atom is -0.354 e. The average Bonchev–Trinajstić information content (AvgIpc) is 2.05. The molecule has 0 amide bonds. The van der Waals surface area contributed by atoms with E-state index in [1.807, 2.05) is 0 Å². The number of aromatic nitrogens is 1. The predicted molar refractivity (Wildman–Crippen MR) is 47.7 cm³/mol. The van der Waals surface area contributed by atoms with Crippen molar-refractivity contribution in [1.82, 2.24) is 4.98 Å². The van der Waals surface area contributed by atoms with Gasteiger partial charge in [0, 0.05) is 19.8 Å². The van der Waals surface area contributed by atoms with Gasteiger partial charge >= 0.3 is 0 Å². The Morgan fingerprint density at radius 3 is 3.08 bits per heavy atom. The zero-order valence-corrected chi connectivity index (χ0v) is 7.00. The molecule has 0 fully saturated rings. The molecule has 3 heteroatoms. The molecule has 12 heavy (non-hydrogen) atoms. The topological polar surface area (TPSA) is 16.1 Å². The summed E-state index contributed by atoms with van der Waals surface area (Å²) >= 11 is 0. The number of anilines is 1. The van der Waals surface area contributed by atoms with Crippen LogP contribution in [0.4, 0.5) is 10.2 Å². The van der Waals surface area contributed by atoms with Gasteiger partial charge < -0.3 is 4.90 Å². The standard InChI is InChI=1S/C9H11FN2/c1-3-7-12(2)9-8(10)5-4-6-11-9/h3-6H,1,7H2,2H3. The van der Waals surface area contributed by atoms with Gasteiger partial charge in [0.1, 0.15) is 0 Å². The molecule has 1 heterocycles. The van der Waals surface area contributed by atoms with E-state index in [0.29, 0.717) is 12.4 Å². The first kappa shape index (κ1) is 8.71. The molecular weight excluding hydrogens is 155 g/mol. The monoisotopic (exact) mass is 166 g/mol. The lowest BCUT2D eigenvalue weighted by Gasteiger charge is -2.15. The Kier molecular flexibility index (Phi) is 2.80. The van der Waals surface area contributed by atoms with Crippen LogP contribution in [0.1, 0.15) is 0 Å². The van der Waals surface area contributed by atoms with Gasteiger partial charge in [0.25, 0.3) is 0 Å². The smallest absolute Gasteiger partial charge is 0.165 e. The highest BCUT2D eigenvalue weighted by atomic mass is 19.1. The van der Waals surface area contributed by atoms with Gasteiger partial charge in [-0.1, -0.05) is 6.08 Å². The number of likely N-dealkylation sites (N-methyl/N-ethyl adjacent to an activating group) is 1. The van der Waals surface area contributed by atoms with Crippen LogP contribution in [0.25, 0.3) is 0 Å². The molecule has 0 aliphatic rings. The van der Waals surface area contributed by atoms with Gasteiger partial charge in [-0.25, -0.2) is 9.37 Å². The summed E-state index contributed by atoms with van der Waals surface area (Å²) in [6, 6.07) is 2.96. The van der Waals surface area contributed by atoms with E-state index in [9.17, 15) is 4.39 Å². The Bertz CT molecular complexity index is 273. The maximum atomic E-state index is 13.0. The predicted octanol–water partition coefficient (Wildman–Crippen LogP) is 1.84. The van der Waals surface area contributed by atoms with Crippen molar-refractivity contribution >= 4 is 5.82 Å². The van der Waals surface area contributed by atoms with Crippen molar-refractivity contribution in [2.45, 2.75) is 0 Å². The van der Waals surface area contributed by atoms with Gasteiger partial charge in [0.05, 0.1) is 0 Å². The maximum absolute atomic E-state index is 13.0. The van der Waals surface area contributed by atoms with E-state index in [1.54, 1.807) is 30.3 Å². The zero-order valence-electron chi connectivity index (χ0n) is 7.00. The fraction of sp³-hybridized carbons (Fsp3) is 0.222. The van der Waals surface area contributed by atoms with E-state index in [4.69, 9.17) is 0 Å². The van der Waals surface area contributed by atoms with Crippen LogP contribution in [-0.2, 0) is 0 Å². The molecule has 0 spiro atoms. The van der Waals surface area contributed by atoms with Crippen molar-refractivity contribution in [2.75, 3.05) is 18.5 Å². The first-order valence-electron chi connectivity index (χ1n) is 3.68. The van der Waals surface area contributed by atoms with Crippen LogP contribution in [0.15, 0.2) is 31.0 Å². The van der Waals surface area contributed by atoms with Gasteiger partial charge in [0.15, 0.2) is 11.6 Å². The van der Waals surface area contributed by atoms with Crippen molar-refractivity contribution in [3.05, 3.63) is 36.8 Å². The third-order valence-corrected chi connectivity index (χ3v) is 1.50. The molecule has 1 aromatic heterocycles. The van der Waals surface area contributed by atoms with Gasteiger partial charge in [-0.05, 0) is 12.1 Å². The van der Waals surface area contributed by atoms with Crippen molar-refractivity contribution in [3.8, 4) is 0 Å². The van der Waals surface area contributed by atoms with Crippen LogP contribution in [-0.4, -0.2) is 18.6 Å². The molecule has 0 saturated carbocycles. The molecule has 0 aliphatic carbocycles. The highest BCUT2D eigenvalue weighted by molar-refractivity contribution is 5.38. The summed E-state index contributed by atoms with van der Waals surface area (Å²) in [6.45, 7) is 4.16. The number of rotatable bonds is 3. The Morgan fingerprint density at radius 2 is 2.50 bits per heavy atom. The van der Waals surface area contributed by atoms with Crippen LogP contribution in [0.2, 0.25) is 0 Å². The Morgan fingerprint density at radius 1 is 1.75 bits per heavy atom. The second-order valence-electron chi connectivity index (χ2n) is 2.48. The summed E-state index contributed by atoms with van der Waals surface area (Å²) in [6.07, 6.45) is 3.27. The summed E-state index contributed by atoms with van der Waals surface area (Å²) in [5, 5.41) is 0. The number of hydrogen-bond acceptors (Lipinski definition) is 2. The van der Waals surface area contributed by atoms with E-state index in [-0.39, 0.29) is 5.82 Å². The van der Waals surface area contributed by atoms with Crippen LogP contribution in [0.5, 0.6) is 0 Å². The van der Waals surface area contributed by atoms with E-state index < -0.39 is 0 Å².